The highest BCUT2D eigenvalue weighted by molar-refractivity contribution is 7.13. The van der Waals surface area contributed by atoms with Gasteiger partial charge in [0.25, 0.3) is 5.91 Å². The molecule has 0 aliphatic rings. The Balaban J connectivity index is 2.05. The fraction of sp³-hybridized carbons (Fsp3) is 0.286. The van der Waals surface area contributed by atoms with Gasteiger partial charge < -0.3 is 5.32 Å². The van der Waals surface area contributed by atoms with Gasteiger partial charge in [0.2, 0.25) is 0 Å². The van der Waals surface area contributed by atoms with Gasteiger partial charge in [-0.2, -0.15) is 13.2 Å². The summed E-state index contributed by atoms with van der Waals surface area (Å²) in [6.45, 7) is 1.72. The SMILES string of the molecule is CONC(=O)[C@@H](C)c1ccc(Nc2nc(C(F)(F)F)cs2)cc1. The van der Waals surface area contributed by atoms with Gasteiger partial charge in [0, 0.05) is 11.1 Å². The molecule has 0 saturated heterocycles. The van der Waals surface area contributed by atoms with E-state index >= 15 is 0 Å². The van der Waals surface area contributed by atoms with Crippen LogP contribution < -0.4 is 10.8 Å². The molecule has 0 aliphatic carbocycles. The number of benzene rings is 1. The van der Waals surface area contributed by atoms with E-state index in [9.17, 15) is 18.0 Å². The molecule has 1 amide bonds. The third kappa shape index (κ3) is 4.42. The zero-order valence-corrected chi connectivity index (χ0v) is 13.1. The average molecular weight is 345 g/mol. The molecule has 0 aliphatic heterocycles. The third-order valence-electron chi connectivity index (χ3n) is 3.05. The second kappa shape index (κ2) is 6.97. The molecular weight excluding hydrogens is 331 g/mol. The number of thiazole rings is 1. The van der Waals surface area contributed by atoms with Gasteiger partial charge in [-0.05, 0) is 24.6 Å². The highest BCUT2D eigenvalue weighted by atomic mass is 32.1. The van der Waals surface area contributed by atoms with E-state index in [1.165, 1.54) is 7.11 Å². The van der Waals surface area contributed by atoms with E-state index in [1.54, 1.807) is 31.2 Å². The summed E-state index contributed by atoms with van der Waals surface area (Å²) in [5.41, 5.74) is 2.65. The summed E-state index contributed by atoms with van der Waals surface area (Å²) < 4.78 is 37.5. The van der Waals surface area contributed by atoms with E-state index in [0.29, 0.717) is 5.69 Å². The van der Waals surface area contributed by atoms with Gasteiger partial charge in [-0.1, -0.05) is 12.1 Å². The van der Waals surface area contributed by atoms with E-state index in [2.05, 4.69) is 20.6 Å². The number of anilines is 2. The topological polar surface area (TPSA) is 63.2 Å². The Morgan fingerprint density at radius 3 is 2.48 bits per heavy atom. The van der Waals surface area contributed by atoms with Gasteiger partial charge in [0.1, 0.15) is 0 Å². The third-order valence-corrected chi connectivity index (χ3v) is 3.81. The molecule has 0 spiro atoms. The maximum atomic E-state index is 12.5. The van der Waals surface area contributed by atoms with Crippen LogP contribution >= 0.6 is 11.3 Å². The van der Waals surface area contributed by atoms with E-state index in [0.717, 1.165) is 22.3 Å². The number of hydrogen-bond acceptors (Lipinski definition) is 5. The molecule has 124 valence electrons. The quantitative estimate of drug-likeness (QED) is 0.812. The predicted molar refractivity (Wildman–Crippen MR) is 80.4 cm³/mol. The molecule has 2 aromatic rings. The minimum atomic E-state index is -4.45. The number of carbonyl (C=O) groups is 1. The van der Waals surface area contributed by atoms with Crippen molar-refractivity contribution in [3.63, 3.8) is 0 Å². The average Bonchev–Trinajstić information content (AvgIpc) is 2.96. The zero-order chi connectivity index (χ0) is 17.0. The van der Waals surface area contributed by atoms with Crippen molar-refractivity contribution in [2.45, 2.75) is 19.0 Å². The van der Waals surface area contributed by atoms with Crippen LogP contribution in [0.3, 0.4) is 0 Å². The molecule has 0 radical (unpaired) electrons. The number of nitrogens with one attached hydrogen (secondary N) is 2. The number of alkyl halides is 3. The van der Waals surface area contributed by atoms with Crippen molar-refractivity contribution in [1.82, 2.24) is 10.5 Å². The van der Waals surface area contributed by atoms with Gasteiger partial charge in [0.15, 0.2) is 10.8 Å². The Kier molecular flexibility index (Phi) is 5.22. The predicted octanol–water partition coefficient (Wildman–Crippen LogP) is 3.69. The van der Waals surface area contributed by atoms with Crippen LogP contribution in [0.5, 0.6) is 0 Å². The lowest BCUT2D eigenvalue weighted by molar-refractivity contribution is -0.140. The molecule has 0 fully saturated rings. The first-order chi connectivity index (χ1) is 10.8. The van der Waals surface area contributed by atoms with Crippen LogP contribution in [0.15, 0.2) is 29.6 Å². The molecule has 1 aromatic carbocycles. The van der Waals surface area contributed by atoms with Crippen molar-refractivity contribution in [3.05, 3.63) is 40.9 Å². The maximum absolute atomic E-state index is 12.5. The highest BCUT2D eigenvalue weighted by Gasteiger charge is 2.33. The number of hydroxylamine groups is 1. The van der Waals surface area contributed by atoms with Crippen molar-refractivity contribution in [3.8, 4) is 0 Å². The highest BCUT2D eigenvalue weighted by Crippen LogP contribution is 2.32. The Bertz CT molecular complexity index is 671. The first-order valence-electron chi connectivity index (χ1n) is 6.54. The molecule has 23 heavy (non-hydrogen) atoms. The first kappa shape index (κ1) is 17.2. The first-order valence-corrected chi connectivity index (χ1v) is 7.41. The lowest BCUT2D eigenvalue weighted by Gasteiger charge is -2.12. The summed E-state index contributed by atoms with van der Waals surface area (Å²) in [4.78, 5) is 19.7. The van der Waals surface area contributed by atoms with E-state index in [4.69, 9.17) is 0 Å². The zero-order valence-electron chi connectivity index (χ0n) is 12.3. The van der Waals surface area contributed by atoms with Gasteiger partial charge in [0.05, 0.1) is 13.0 Å². The lowest BCUT2D eigenvalue weighted by Crippen LogP contribution is -2.26. The molecular formula is C14H14F3N3O2S. The van der Waals surface area contributed by atoms with Crippen molar-refractivity contribution in [2.75, 3.05) is 12.4 Å². The maximum Gasteiger partial charge on any atom is 0.434 e. The van der Waals surface area contributed by atoms with Crippen LogP contribution in [0.1, 0.15) is 24.1 Å². The van der Waals surface area contributed by atoms with Crippen LogP contribution in [-0.2, 0) is 15.8 Å². The molecule has 0 unspecified atom stereocenters. The number of amides is 1. The fourth-order valence-corrected chi connectivity index (χ4v) is 2.52. The summed E-state index contributed by atoms with van der Waals surface area (Å²) in [5.74, 6) is -0.705. The minimum Gasteiger partial charge on any atom is -0.332 e. The number of rotatable bonds is 5. The molecule has 1 heterocycles. The second-order valence-electron chi connectivity index (χ2n) is 4.67. The summed E-state index contributed by atoms with van der Waals surface area (Å²) >= 11 is 0.870. The Hall–Kier alpha value is -2.13. The van der Waals surface area contributed by atoms with Crippen molar-refractivity contribution >= 4 is 28.1 Å². The van der Waals surface area contributed by atoms with Crippen LogP contribution in [0, 0.1) is 0 Å². The Labute approximate surface area is 134 Å². The molecule has 5 nitrogen and oxygen atoms in total. The van der Waals surface area contributed by atoms with Gasteiger partial charge in [-0.15, -0.1) is 11.3 Å². The molecule has 9 heteroatoms. The molecule has 2 rings (SSSR count). The summed E-state index contributed by atoms with van der Waals surface area (Å²) in [5, 5.41) is 3.90. The van der Waals surface area contributed by atoms with Crippen LogP contribution in [-0.4, -0.2) is 18.0 Å². The van der Waals surface area contributed by atoms with Crippen LogP contribution in [0.2, 0.25) is 0 Å². The number of hydrogen-bond donors (Lipinski definition) is 2. The minimum absolute atomic E-state index is 0.148. The van der Waals surface area contributed by atoms with E-state index in [1.807, 2.05) is 0 Å². The molecule has 2 N–H and O–H groups in total. The number of nitrogens with zero attached hydrogens (tertiary/aromatic N) is 1. The van der Waals surface area contributed by atoms with Crippen molar-refractivity contribution in [2.24, 2.45) is 0 Å². The van der Waals surface area contributed by atoms with Crippen molar-refractivity contribution in [1.29, 1.82) is 0 Å². The van der Waals surface area contributed by atoms with E-state index < -0.39 is 17.8 Å². The fourth-order valence-electron chi connectivity index (χ4n) is 1.78. The van der Waals surface area contributed by atoms with Crippen molar-refractivity contribution < 1.29 is 22.8 Å². The van der Waals surface area contributed by atoms with Crippen LogP contribution in [0.4, 0.5) is 24.0 Å². The summed E-state index contributed by atoms with van der Waals surface area (Å²) in [7, 11) is 1.35. The molecule has 0 saturated carbocycles. The number of halogens is 3. The smallest absolute Gasteiger partial charge is 0.332 e. The molecule has 1 atom stereocenters. The Morgan fingerprint density at radius 2 is 1.96 bits per heavy atom. The van der Waals surface area contributed by atoms with Gasteiger partial charge in [-0.25, -0.2) is 10.5 Å². The second-order valence-corrected chi connectivity index (χ2v) is 5.53. The summed E-state index contributed by atoms with van der Waals surface area (Å²) in [6, 6.07) is 6.75. The van der Waals surface area contributed by atoms with Gasteiger partial charge in [-0.3, -0.25) is 9.63 Å². The normalized spacial score (nSPS) is 12.7. The standard InChI is InChI=1S/C14H14F3N3O2S/c1-8(12(21)20-22-2)9-3-5-10(6-4-9)18-13-19-11(7-23-13)14(15,16)17/h3-8H,1-2H3,(H,18,19)(H,20,21)/t8-/m0/s1. The summed E-state index contributed by atoms with van der Waals surface area (Å²) in [6.07, 6.45) is -4.45. The number of carbonyl (C=O) groups excluding carboxylic acids is 1. The largest absolute Gasteiger partial charge is 0.434 e. The molecule has 1 aromatic heterocycles. The van der Waals surface area contributed by atoms with Crippen LogP contribution in [0.25, 0.3) is 0 Å². The van der Waals surface area contributed by atoms with E-state index in [-0.39, 0.29) is 11.0 Å². The molecule has 0 bridgehead atoms. The Morgan fingerprint density at radius 1 is 1.30 bits per heavy atom. The van der Waals surface area contributed by atoms with Gasteiger partial charge >= 0.3 is 6.18 Å². The number of aromatic nitrogens is 1. The monoisotopic (exact) mass is 345 g/mol. The lowest BCUT2D eigenvalue weighted by atomic mass is 10.0.